The fourth-order valence-corrected chi connectivity index (χ4v) is 2.38. The Morgan fingerprint density at radius 2 is 2.00 bits per heavy atom. The summed E-state index contributed by atoms with van der Waals surface area (Å²) in [5, 5.41) is 9.03. The van der Waals surface area contributed by atoms with Gasteiger partial charge >= 0.3 is 0 Å². The molecule has 2 heterocycles. The first-order valence-corrected chi connectivity index (χ1v) is 6.28. The van der Waals surface area contributed by atoms with Crippen LogP contribution >= 0.6 is 0 Å². The number of aromatic nitrogens is 3. The Kier molecular flexibility index (Phi) is 2.84. The van der Waals surface area contributed by atoms with Crippen molar-refractivity contribution in [1.82, 2.24) is 14.5 Å². The fourth-order valence-electron chi connectivity index (χ4n) is 2.38. The normalized spacial score (nSPS) is 12.2. The summed E-state index contributed by atoms with van der Waals surface area (Å²) < 4.78 is 1.94. The van der Waals surface area contributed by atoms with Crippen LogP contribution in [0.3, 0.4) is 0 Å². The number of nitriles is 1. The minimum absolute atomic E-state index is 0.0249. The van der Waals surface area contributed by atoms with Crippen LogP contribution in [0.5, 0.6) is 0 Å². The van der Waals surface area contributed by atoms with Crippen LogP contribution in [0, 0.1) is 11.3 Å². The molecule has 0 bridgehead atoms. The monoisotopic (exact) mass is 263 g/mol. The summed E-state index contributed by atoms with van der Waals surface area (Å²) >= 11 is 0. The van der Waals surface area contributed by atoms with Crippen LogP contribution in [0.25, 0.3) is 11.0 Å². The van der Waals surface area contributed by atoms with Gasteiger partial charge in [0.1, 0.15) is 0 Å². The quantitative estimate of drug-likeness (QED) is 0.770. The highest BCUT2D eigenvalue weighted by atomic mass is 15.2. The van der Waals surface area contributed by atoms with Gasteiger partial charge in [-0.05, 0) is 42.8 Å². The van der Waals surface area contributed by atoms with Gasteiger partial charge in [0, 0.05) is 12.4 Å². The van der Waals surface area contributed by atoms with E-state index in [2.05, 4.69) is 16.0 Å². The van der Waals surface area contributed by atoms with Crippen LogP contribution in [-0.4, -0.2) is 14.5 Å². The van der Waals surface area contributed by atoms with Crippen molar-refractivity contribution in [2.45, 2.75) is 13.0 Å². The minimum Gasteiger partial charge on any atom is -0.369 e. The standard InChI is InChI=1S/C15H13N5/c1-10(12-4-6-18-7-5-12)20-14-8-11(9-16)2-3-13(14)19-15(20)17/h2-8,10H,1H3,(H2,17,19). The van der Waals surface area contributed by atoms with Crippen LogP contribution in [0.15, 0.2) is 42.7 Å². The Labute approximate surface area is 116 Å². The van der Waals surface area contributed by atoms with Gasteiger partial charge in [0.2, 0.25) is 5.95 Å². The first kappa shape index (κ1) is 12.2. The van der Waals surface area contributed by atoms with Gasteiger partial charge in [0.15, 0.2) is 0 Å². The van der Waals surface area contributed by atoms with Gasteiger partial charge in [0.25, 0.3) is 0 Å². The summed E-state index contributed by atoms with van der Waals surface area (Å²) in [5.41, 5.74) is 9.39. The molecule has 20 heavy (non-hydrogen) atoms. The highest BCUT2D eigenvalue weighted by Crippen LogP contribution is 2.27. The van der Waals surface area contributed by atoms with Crippen molar-refractivity contribution in [1.29, 1.82) is 5.26 Å². The number of fused-ring (bicyclic) bond motifs is 1. The van der Waals surface area contributed by atoms with E-state index >= 15 is 0 Å². The number of nitrogens with zero attached hydrogens (tertiary/aromatic N) is 4. The molecule has 1 atom stereocenters. The third-order valence-electron chi connectivity index (χ3n) is 3.42. The molecular formula is C15H13N5. The molecule has 0 amide bonds. The van der Waals surface area contributed by atoms with Gasteiger partial charge in [-0.15, -0.1) is 0 Å². The number of pyridine rings is 1. The van der Waals surface area contributed by atoms with Crippen molar-refractivity contribution < 1.29 is 0 Å². The van der Waals surface area contributed by atoms with E-state index in [1.807, 2.05) is 35.8 Å². The molecule has 1 unspecified atom stereocenters. The number of benzene rings is 1. The zero-order valence-corrected chi connectivity index (χ0v) is 11.0. The Morgan fingerprint density at radius 3 is 2.70 bits per heavy atom. The number of hydrogen-bond acceptors (Lipinski definition) is 4. The molecule has 3 aromatic rings. The highest BCUT2D eigenvalue weighted by molar-refractivity contribution is 5.80. The van der Waals surface area contributed by atoms with Crippen LogP contribution in [0.2, 0.25) is 0 Å². The number of nitrogen functional groups attached to an aromatic ring is 1. The van der Waals surface area contributed by atoms with E-state index in [-0.39, 0.29) is 6.04 Å². The molecule has 0 saturated heterocycles. The van der Waals surface area contributed by atoms with Crippen molar-refractivity contribution in [3.8, 4) is 6.07 Å². The molecule has 3 rings (SSSR count). The summed E-state index contributed by atoms with van der Waals surface area (Å²) in [6.45, 7) is 2.05. The average molecular weight is 263 g/mol. The van der Waals surface area contributed by atoms with Crippen molar-refractivity contribution in [3.63, 3.8) is 0 Å². The summed E-state index contributed by atoms with van der Waals surface area (Å²) in [6.07, 6.45) is 3.50. The van der Waals surface area contributed by atoms with Gasteiger partial charge in [-0.25, -0.2) is 4.98 Å². The molecule has 0 aliphatic heterocycles. The zero-order chi connectivity index (χ0) is 14.1. The topological polar surface area (TPSA) is 80.5 Å². The summed E-state index contributed by atoms with van der Waals surface area (Å²) in [5.74, 6) is 0.444. The zero-order valence-electron chi connectivity index (χ0n) is 11.0. The second kappa shape index (κ2) is 4.67. The summed E-state index contributed by atoms with van der Waals surface area (Å²) in [4.78, 5) is 8.37. The predicted molar refractivity (Wildman–Crippen MR) is 76.9 cm³/mol. The molecule has 2 N–H and O–H groups in total. The SMILES string of the molecule is CC(c1ccncc1)n1c(N)nc2ccc(C#N)cc21. The van der Waals surface area contributed by atoms with Gasteiger partial charge in [-0.1, -0.05) is 0 Å². The summed E-state index contributed by atoms with van der Waals surface area (Å²) in [7, 11) is 0. The molecule has 0 radical (unpaired) electrons. The van der Waals surface area contributed by atoms with Crippen LogP contribution in [0.1, 0.15) is 24.1 Å². The maximum atomic E-state index is 9.03. The molecule has 0 spiro atoms. The van der Waals surface area contributed by atoms with Crippen LogP contribution in [-0.2, 0) is 0 Å². The molecule has 0 fully saturated rings. The molecular weight excluding hydrogens is 250 g/mol. The lowest BCUT2D eigenvalue weighted by molar-refractivity contribution is 0.666. The smallest absolute Gasteiger partial charge is 0.201 e. The Bertz CT molecular complexity index is 798. The molecule has 5 heteroatoms. The highest BCUT2D eigenvalue weighted by Gasteiger charge is 2.15. The van der Waals surface area contributed by atoms with Gasteiger partial charge in [-0.2, -0.15) is 5.26 Å². The van der Waals surface area contributed by atoms with Crippen molar-refractivity contribution >= 4 is 17.0 Å². The first-order valence-electron chi connectivity index (χ1n) is 6.28. The van der Waals surface area contributed by atoms with E-state index in [4.69, 9.17) is 11.0 Å². The second-order valence-electron chi connectivity index (χ2n) is 4.61. The van der Waals surface area contributed by atoms with Gasteiger partial charge in [0.05, 0.1) is 28.7 Å². The molecule has 2 aromatic heterocycles. The number of anilines is 1. The Hall–Kier alpha value is -2.87. The number of imidazole rings is 1. The number of hydrogen-bond donors (Lipinski definition) is 1. The van der Waals surface area contributed by atoms with Crippen LogP contribution < -0.4 is 5.73 Å². The van der Waals surface area contributed by atoms with Crippen molar-refractivity contribution in [3.05, 3.63) is 53.9 Å². The van der Waals surface area contributed by atoms with Crippen molar-refractivity contribution in [2.24, 2.45) is 0 Å². The Balaban J connectivity index is 2.20. The third kappa shape index (κ3) is 1.88. The second-order valence-corrected chi connectivity index (χ2v) is 4.61. The molecule has 1 aromatic carbocycles. The van der Waals surface area contributed by atoms with E-state index in [0.717, 1.165) is 16.6 Å². The molecule has 5 nitrogen and oxygen atoms in total. The van der Waals surface area contributed by atoms with E-state index in [1.54, 1.807) is 18.5 Å². The molecule has 0 aliphatic carbocycles. The third-order valence-corrected chi connectivity index (χ3v) is 3.42. The van der Waals surface area contributed by atoms with E-state index in [1.165, 1.54) is 0 Å². The van der Waals surface area contributed by atoms with E-state index in [9.17, 15) is 0 Å². The van der Waals surface area contributed by atoms with E-state index in [0.29, 0.717) is 11.5 Å². The maximum Gasteiger partial charge on any atom is 0.201 e. The van der Waals surface area contributed by atoms with Crippen LogP contribution in [0.4, 0.5) is 5.95 Å². The van der Waals surface area contributed by atoms with Crippen molar-refractivity contribution in [2.75, 3.05) is 5.73 Å². The first-order chi connectivity index (χ1) is 9.70. The lowest BCUT2D eigenvalue weighted by Gasteiger charge is -2.16. The lowest BCUT2D eigenvalue weighted by atomic mass is 10.1. The largest absolute Gasteiger partial charge is 0.369 e. The van der Waals surface area contributed by atoms with Gasteiger partial charge in [-0.3, -0.25) is 4.98 Å². The predicted octanol–water partition coefficient (Wildman–Crippen LogP) is 2.49. The average Bonchev–Trinajstić information content (AvgIpc) is 2.82. The minimum atomic E-state index is 0.0249. The molecule has 0 saturated carbocycles. The Morgan fingerprint density at radius 1 is 1.25 bits per heavy atom. The maximum absolute atomic E-state index is 9.03. The van der Waals surface area contributed by atoms with E-state index < -0.39 is 0 Å². The van der Waals surface area contributed by atoms with Gasteiger partial charge < -0.3 is 10.3 Å². The molecule has 98 valence electrons. The fraction of sp³-hybridized carbons (Fsp3) is 0.133. The number of rotatable bonds is 2. The molecule has 0 aliphatic rings. The lowest BCUT2D eigenvalue weighted by Crippen LogP contribution is -2.10. The summed E-state index contributed by atoms with van der Waals surface area (Å²) in [6, 6.07) is 11.4. The number of nitrogens with two attached hydrogens (primary N) is 1.